The first kappa shape index (κ1) is 18.6. The number of hydrogen-bond donors (Lipinski definition) is 1. The second-order valence-electron chi connectivity index (χ2n) is 6.91. The van der Waals surface area contributed by atoms with Crippen molar-refractivity contribution in [3.05, 3.63) is 78.4 Å². The van der Waals surface area contributed by atoms with E-state index in [0.29, 0.717) is 17.9 Å². The van der Waals surface area contributed by atoms with Gasteiger partial charge in [0, 0.05) is 48.4 Å². The highest BCUT2D eigenvalue weighted by atomic mass is 16.2. The maximum absolute atomic E-state index is 12.7. The molecule has 1 aliphatic heterocycles. The Kier molecular flexibility index (Phi) is 4.64. The smallest absolute Gasteiger partial charge is 0.281 e. The number of imidazole rings is 1. The van der Waals surface area contributed by atoms with Crippen LogP contribution in [-0.2, 0) is 11.3 Å². The van der Waals surface area contributed by atoms with Crippen molar-refractivity contribution >= 4 is 24.0 Å². The first-order valence-electron chi connectivity index (χ1n) is 9.50. The van der Waals surface area contributed by atoms with Gasteiger partial charge in [0.15, 0.2) is 5.82 Å². The minimum Gasteiger partial charge on any atom is -0.361 e. The van der Waals surface area contributed by atoms with E-state index in [-0.39, 0.29) is 5.91 Å². The lowest BCUT2D eigenvalue weighted by molar-refractivity contribution is -0.114. The topological polar surface area (TPSA) is 118 Å². The number of H-pyrrole nitrogens is 1. The Hall–Kier alpha value is -4.47. The normalized spacial score (nSPS) is 14.7. The molecule has 152 valence electrons. The molecule has 0 radical (unpaired) electrons. The summed E-state index contributed by atoms with van der Waals surface area (Å²) in [7, 11) is 0. The van der Waals surface area contributed by atoms with Crippen molar-refractivity contribution in [1.29, 1.82) is 0 Å². The number of aryl methyl sites for hydroxylation is 1. The van der Waals surface area contributed by atoms with Crippen LogP contribution < -0.4 is 5.01 Å². The SMILES string of the molecule is Cc1cnc(Cn2ccnc2)c(-c2c[nH]c(/C=C3\C=NN(c4cnccn4)C3=O)c2)n1. The van der Waals surface area contributed by atoms with E-state index in [9.17, 15) is 4.79 Å². The number of hydrogen-bond acceptors (Lipinski definition) is 7. The number of nitrogens with zero attached hydrogens (tertiary/aromatic N) is 8. The predicted octanol–water partition coefficient (Wildman–Crippen LogP) is 2.23. The molecule has 0 saturated heterocycles. The lowest BCUT2D eigenvalue weighted by atomic mass is 10.1. The quantitative estimate of drug-likeness (QED) is 0.503. The number of carbonyl (C=O) groups is 1. The first-order valence-corrected chi connectivity index (χ1v) is 9.50. The summed E-state index contributed by atoms with van der Waals surface area (Å²) in [5, 5.41) is 5.36. The van der Waals surface area contributed by atoms with Gasteiger partial charge in [-0.25, -0.2) is 15.0 Å². The molecule has 5 heterocycles. The van der Waals surface area contributed by atoms with Crippen molar-refractivity contribution in [3.8, 4) is 11.3 Å². The summed E-state index contributed by atoms with van der Waals surface area (Å²) in [6.07, 6.45) is 16.7. The summed E-state index contributed by atoms with van der Waals surface area (Å²) in [5.41, 5.74) is 4.50. The van der Waals surface area contributed by atoms with Gasteiger partial charge in [-0.15, -0.1) is 0 Å². The average Bonchev–Trinajstić information content (AvgIpc) is 3.53. The Morgan fingerprint density at radius 2 is 2.06 bits per heavy atom. The average molecular weight is 411 g/mol. The Labute approximate surface area is 177 Å². The van der Waals surface area contributed by atoms with E-state index in [0.717, 1.165) is 28.3 Å². The number of aromatic nitrogens is 7. The van der Waals surface area contributed by atoms with E-state index in [4.69, 9.17) is 0 Å². The largest absolute Gasteiger partial charge is 0.361 e. The van der Waals surface area contributed by atoms with Crippen LogP contribution in [0.5, 0.6) is 0 Å². The monoisotopic (exact) mass is 411 g/mol. The molecule has 31 heavy (non-hydrogen) atoms. The van der Waals surface area contributed by atoms with Gasteiger partial charge < -0.3 is 9.55 Å². The molecule has 0 fully saturated rings. The van der Waals surface area contributed by atoms with Crippen LogP contribution in [-0.4, -0.2) is 46.6 Å². The van der Waals surface area contributed by atoms with Crippen LogP contribution in [0.4, 0.5) is 5.82 Å². The fourth-order valence-corrected chi connectivity index (χ4v) is 3.21. The van der Waals surface area contributed by atoms with Crippen LogP contribution in [0, 0.1) is 6.92 Å². The van der Waals surface area contributed by atoms with Crippen molar-refractivity contribution < 1.29 is 4.79 Å². The lowest BCUT2D eigenvalue weighted by Gasteiger charge is -2.08. The minimum absolute atomic E-state index is 0.271. The molecule has 0 aliphatic carbocycles. The van der Waals surface area contributed by atoms with Gasteiger partial charge in [-0.3, -0.25) is 14.8 Å². The van der Waals surface area contributed by atoms with Crippen LogP contribution >= 0.6 is 0 Å². The molecular formula is C21H17N9O. The maximum Gasteiger partial charge on any atom is 0.281 e. The number of amides is 1. The van der Waals surface area contributed by atoms with Gasteiger partial charge in [-0.1, -0.05) is 0 Å². The van der Waals surface area contributed by atoms with Gasteiger partial charge >= 0.3 is 0 Å². The van der Waals surface area contributed by atoms with Crippen molar-refractivity contribution in [1.82, 2.24) is 34.5 Å². The van der Waals surface area contributed by atoms with E-state index in [2.05, 4.69) is 35.0 Å². The molecule has 1 amide bonds. The number of carbonyl (C=O) groups excluding carboxylic acids is 1. The fraction of sp³-hybridized carbons (Fsp3) is 0.0952. The highest BCUT2D eigenvalue weighted by Crippen LogP contribution is 2.24. The summed E-state index contributed by atoms with van der Waals surface area (Å²) in [5.74, 6) is 0.103. The van der Waals surface area contributed by atoms with E-state index >= 15 is 0 Å². The molecule has 0 bridgehead atoms. The second-order valence-corrected chi connectivity index (χ2v) is 6.91. The molecule has 4 aromatic rings. The van der Waals surface area contributed by atoms with E-state index in [1.54, 1.807) is 31.0 Å². The van der Waals surface area contributed by atoms with E-state index < -0.39 is 0 Å². The number of hydrazone groups is 1. The third-order valence-electron chi connectivity index (χ3n) is 4.67. The van der Waals surface area contributed by atoms with Crippen LogP contribution in [0.1, 0.15) is 17.1 Å². The van der Waals surface area contributed by atoms with Gasteiger partial charge in [-0.2, -0.15) is 10.1 Å². The standard InChI is InChI=1S/C21H17N9O/c1-14-8-26-18(12-29-5-4-23-13-29)20(28-14)15-6-17(25-9-15)7-16-10-27-30(21(16)31)19-11-22-2-3-24-19/h2-11,13,25H,12H2,1H3/b16-7+. The first-order chi connectivity index (χ1) is 15.2. The number of nitrogens with one attached hydrogen (secondary N) is 1. The van der Waals surface area contributed by atoms with Crippen LogP contribution in [0.15, 0.2) is 66.4 Å². The lowest BCUT2D eigenvalue weighted by Crippen LogP contribution is -2.22. The summed E-state index contributed by atoms with van der Waals surface area (Å²) < 4.78 is 1.94. The maximum atomic E-state index is 12.7. The number of rotatable bonds is 5. The molecule has 0 atom stereocenters. The Morgan fingerprint density at radius 3 is 2.87 bits per heavy atom. The summed E-state index contributed by atoms with van der Waals surface area (Å²) in [4.78, 5) is 37.3. The molecule has 4 aromatic heterocycles. The van der Waals surface area contributed by atoms with Crippen LogP contribution in [0.2, 0.25) is 0 Å². The third-order valence-corrected chi connectivity index (χ3v) is 4.67. The molecule has 0 unspecified atom stereocenters. The van der Waals surface area contributed by atoms with Gasteiger partial charge in [0.25, 0.3) is 5.91 Å². The van der Waals surface area contributed by atoms with E-state index in [1.807, 2.05) is 30.0 Å². The molecule has 10 heteroatoms. The molecule has 0 spiro atoms. The highest BCUT2D eigenvalue weighted by molar-refractivity contribution is 6.25. The molecule has 0 saturated carbocycles. The van der Waals surface area contributed by atoms with Gasteiger partial charge in [0.1, 0.15) is 0 Å². The van der Waals surface area contributed by atoms with E-state index in [1.165, 1.54) is 23.6 Å². The second kappa shape index (κ2) is 7.75. The Morgan fingerprint density at radius 1 is 1.13 bits per heavy atom. The van der Waals surface area contributed by atoms with Crippen LogP contribution in [0.25, 0.3) is 17.3 Å². The van der Waals surface area contributed by atoms with Crippen molar-refractivity contribution in [2.45, 2.75) is 13.5 Å². The van der Waals surface area contributed by atoms with Crippen molar-refractivity contribution in [2.75, 3.05) is 5.01 Å². The number of aromatic amines is 1. The third kappa shape index (κ3) is 3.73. The fourth-order valence-electron chi connectivity index (χ4n) is 3.21. The predicted molar refractivity (Wildman–Crippen MR) is 114 cm³/mol. The minimum atomic E-state index is -0.271. The number of anilines is 1. The molecule has 1 aliphatic rings. The van der Waals surface area contributed by atoms with Crippen molar-refractivity contribution in [2.24, 2.45) is 5.10 Å². The Balaban J connectivity index is 1.42. The van der Waals surface area contributed by atoms with Crippen LogP contribution in [0.3, 0.4) is 0 Å². The molecule has 5 rings (SSSR count). The summed E-state index contributed by atoms with van der Waals surface area (Å²) >= 11 is 0. The van der Waals surface area contributed by atoms with Crippen molar-refractivity contribution in [3.63, 3.8) is 0 Å². The molecular weight excluding hydrogens is 394 g/mol. The van der Waals surface area contributed by atoms with Gasteiger partial charge in [0.05, 0.1) is 47.9 Å². The summed E-state index contributed by atoms with van der Waals surface area (Å²) in [6.45, 7) is 2.46. The summed E-state index contributed by atoms with van der Waals surface area (Å²) in [6, 6.07) is 1.93. The zero-order chi connectivity index (χ0) is 21.2. The Bertz CT molecular complexity index is 1290. The molecule has 0 aromatic carbocycles. The zero-order valence-corrected chi connectivity index (χ0v) is 16.5. The zero-order valence-electron chi connectivity index (χ0n) is 16.5. The van der Waals surface area contributed by atoms with Gasteiger partial charge in [0.2, 0.25) is 0 Å². The molecule has 1 N–H and O–H groups in total. The highest BCUT2D eigenvalue weighted by Gasteiger charge is 2.25. The van der Waals surface area contributed by atoms with Gasteiger partial charge in [-0.05, 0) is 19.1 Å². The molecule has 10 nitrogen and oxygen atoms in total.